The van der Waals surface area contributed by atoms with Crippen LogP contribution in [0.25, 0.3) is 0 Å². The molecule has 1 aliphatic heterocycles. The van der Waals surface area contributed by atoms with E-state index in [2.05, 4.69) is 4.90 Å². The van der Waals surface area contributed by atoms with Gasteiger partial charge in [0, 0.05) is 30.7 Å². The van der Waals surface area contributed by atoms with Gasteiger partial charge in [0.1, 0.15) is 5.82 Å². The molecule has 0 N–H and O–H groups in total. The molecule has 4 rings (SSSR count). The first-order valence-electron chi connectivity index (χ1n) is 10.3. The molecule has 0 unspecified atom stereocenters. The van der Waals surface area contributed by atoms with Crippen molar-refractivity contribution in [2.75, 3.05) is 17.4 Å². The summed E-state index contributed by atoms with van der Waals surface area (Å²) in [5.74, 6) is -0.390. The normalized spacial score (nSPS) is 15.7. The third-order valence-electron chi connectivity index (χ3n) is 5.59. The molecule has 31 heavy (non-hydrogen) atoms. The van der Waals surface area contributed by atoms with E-state index >= 15 is 0 Å². The van der Waals surface area contributed by atoms with Crippen LogP contribution in [0, 0.1) is 5.82 Å². The van der Waals surface area contributed by atoms with E-state index in [-0.39, 0.29) is 10.9 Å². The molecule has 0 spiro atoms. The lowest BCUT2D eigenvalue weighted by molar-refractivity contribution is 0.206. The number of likely N-dealkylation sites (tertiary alicyclic amines) is 1. The fraction of sp³-hybridized carbons (Fsp3) is 0.250. The Kier molecular flexibility index (Phi) is 6.60. The number of benzene rings is 3. The molecule has 1 fully saturated rings. The number of rotatable bonds is 6. The van der Waals surface area contributed by atoms with Gasteiger partial charge in [0.25, 0.3) is 10.0 Å². The summed E-state index contributed by atoms with van der Waals surface area (Å²) >= 11 is 5.97. The predicted molar refractivity (Wildman–Crippen MR) is 122 cm³/mol. The van der Waals surface area contributed by atoms with E-state index in [0.29, 0.717) is 23.6 Å². The van der Waals surface area contributed by atoms with Crippen LogP contribution in [0.3, 0.4) is 0 Å². The summed E-state index contributed by atoms with van der Waals surface area (Å²) in [4.78, 5) is 2.56. The Balaban J connectivity index is 1.55. The lowest BCUT2D eigenvalue weighted by Crippen LogP contribution is -2.47. The average molecular weight is 459 g/mol. The Labute approximate surface area is 187 Å². The molecule has 0 radical (unpaired) electrons. The molecule has 7 heteroatoms. The van der Waals surface area contributed by atoms with Gasteiger partial charge in [0.2, 0.25) is 0 Å². The van der Waals surface area contributed by atoms with Crippen LogP contribution in [0.1, 0.15) is 18.4 Å². The molecule has 0 saturated carbocycles. The van der Waals surface area contributed by atoms with Gasteiger partial charge < -0.3 is 0 Å². The smallest absolute Gasteiger partial charge is 0.264 e. The van der Waals surface area contributed by atoms with Crippen molar-refractivity contribution in [2.24, 2.45) is 0 Å². The molecule has 1 aliphatic rings. The van der Waals surface area contributed by atoms with E-state index in [9.17, 15) is 12.8 Å². The summed E-state index contributed by atoms with van der Waals surface area (Å²) in [5.41, 5.74) is 1.66. The maximum absolute atomic E-state index is 13.5. The second-order valence-corrected chi connectivity index (χ2v) is 9.98. The molecule has 1 heterocycles. The lowest BCUT2D eigenvalue weighted by Gasteiger charge is -2.39. The second kappa shape index (κ2) is 9.39. The summed E-state index contributed by atoms with van der Waals surface area (Å²) in [6, 6.07) is 21.7. The third-order valence-corrected chi connectivity index (χ3v) is 7.74. The maximum atomic E-state index is 13.5. The summed E-state index contributed by atoms with van der Waals surface area (Å²) < 4.78 is 42.0. The van der Waals surface area contributed by atoms with Crippen LogP contribution in [0.5, 0.6) is 0 Å². The summed E-state index contributed by atoms with van der Waals surface area (Å²) in [7, 11) is -3.77. The van der Waals surface area contributed by atoms with Crippen LogP contribution >= 0.6 is 11.6 Å². The highest BCUT2D eigenvalue weighted by Gasteiger charge is 2.34. The molecule has 0 bridgehead atoms. The van der Waals surface area contributed by atoms with Gasteiger partial charge in [-0.05, 0) is 66.9 Å². The summed E-state index contributed by atoms with van der Waals surface area (Å²) in [6.07, 6.45) is 1.38. The van der Waals surface area contributed by atoms with Gasteiger partial charge in [-0.3, -0.25) is 9.21 Å². The van der Waals surface area contributed by atoms with Crippen molar-refractivity contribution in [3.8, 4) is 0 Å². The van der Waals surface area contributed by atoms with Gasteiger partial charge in [-0.2, -0.15) is 0 Å². The highest BCUT2D eigenvalue weighted by Crippen LogP contribution is 2.31. The molecule has 162 valence electrons. The summed E-state index contributed by atoms with van der Waals surface area (Å²) in [6.45, 7) is 2.34. The second-order valence-electron chi connectivity index (χ2n) is 7.72. The van der Waals surface area contributed by atoms with Crippen LogP contribution in [0.4, 0.5) is 10.1 Å². The minimum atomic E-state index is -3.77. The van der Waals surface area contributed by atoms with Crippen molar-refractivity contribution in [2.45, 2.75) is 30.3 Å². The number of sulfonamides is 1. The van der Waals surface area contributed by atoms with E-state index in [4.69, 9.17) is 11.6 Å². The molecule has 4 nitrogen and oxygen atoms in total. The fourth-order valence-corrected chi connectivity index (χ4v) is 5.86. The number of hydrogen-bond acceptors (Lipinski definition) is 3. The number of hydrogen-bond donors (Lipinski definition) is 0. The largest absolute Gasteiger partial charge is 0.299 e. The van der Waals surface area contributed by atoms with E-state index in [1.165, 1.54) is 34.1 Å². The van der Waals surface area contributed by atoms with Gasteiger partial charge in [-0.1, -0.05) is 41.9 Å². The number of piperidine rings is 1. The highest BCUT2D eigenvalue weighted by atomic mass is 35.5. The summed E-state index contributed by atoms with van der Waals surface area (Å²) in [5, 5.41) is 0.712. The molecular weight excluding hydrogens is 435 g/mol. The molecule has 0 aliphatic carbocycles. The van der Waals surface area contributed by atoms with Crippen molar-refractivity contribution in [3.63, 3.8) is 0 Å². The van der Waals surface area contributed by atoms with Crippen molar-refractivity contribution < 1.29 is 12.8 Å². The molecule has 3 aromatic rings. The predicted octanol–water partition coefficient (Wildman–Crippen LogP) is 5.34. The fourth-order valence-electron chi connectivity index (χ4n) is 4.00. The Morgan fingerprint density at radius 2 is 1.52 bits per heavy atom. The Hall–Kier alpha value is -2.41. The van der Waals surface area contributed by atoms with E-state index in [1.807, 2.05) is 24.3 Å². The third kappa shape index (κ3) is 5.09. The van der Waals surface area contributed by atoms with Crippen molar-refractivity contribution in [1.29, 1.82) is 0 Å². The zero-order valence-corrected chi connectivity index (χ0v) is 18.6. The van der Waals surface area contributed by atoms with Gasteiger partial charge in [0.15, 0.2) is 0 Å². The molecule has 0 amide bonds. The van der Waals surface area contributed by atoms with Gasteiger partial charge in [-0.25, -0.2) is 12.8 Å². The minimum Gasteiger partial charge on any atom is -0.299 e. The van der Waals surface area contributed by atoms with Crippen LogP contribution in [0.2, 0.25) is 5.02 Å². The highest BCUT2D eigenvalue weighted by molar-refractivity contribution is 7.92. The average Bonchev–Trinajstić information content (AvgIpc) is 2.78. The van der Waals surface area contributed by atoms with Crippen LogP contribution in [0.15, 0.2) is 83.8 Å². The molecule has 1 saturated heterocycles. The van der Waals surface area contributed by atoms with Gasteiger partial charge >= 0.3 is 0 Å². The monoisotopic (exact) mass is 458 g/mol. The maximum Gasteiger partial charge on any atom is 0.264 e. The standard InChI is InChI=1S/C24H24ClFN2O2S/c25-20-8-6-19(7-9-20)18-27-16-14-23(15-17-27)28(22-12-10-21(26)11-13-22)31(29,30)24-4-2-1-3-5-24/h1-13,23H,14-18H2. The van der Waals surface area contributed by atoms with Gasteiger partial charge in [-0.15, -0.1) is 0 Å². The zero-order chi connectivity index (χ0) is 21.8. The van der Waals surface area contributed by atoms with Crippen molar-refractivity contribution in [1.82, 2.24) is 4.90 Å². The number of anilines is 1. The van der Waals surface area contributed by atoms with Crippen LogP contribution < -0.4 is 4.31 Å². The number of nitrogens with zero attached hydrogens (tertiary/aromatic N) is 2. The Bertz CT molecular complexity index is 1100. The van der Waals surface area contributed by atoms with E-state index < -0.39 is 15.8 Å². The topological polar surface area (TPSA) is 40.6 Å². The van der Waals surface area contributed by atoms with E-state index in [1.54, 1.807) is 30.3 Å². The molecular formula is C24H24ClFN2O2S. The molecule has 3 aromatic carbocycles. The minimum absolute atomic E-state index is 0.197. The first kappa shape index (κ1) is 21.8. The Morgan fingerprint density at radius 3 is 2.13 bits per heavy atom. The van der Waals surface area contributed by atoms with Crippen molar-refractivity contribution >= 4 is 27.3 Å². The van der Waals surface area contributed by atoms with Gasteiger partial charge in [0.05, 0.1) is 10.6 Å². The number of halogens is 2. The molecule has 0 atom stereocenters. The van der Waals surface area contributed by atoms with Crippen LogP contribution in [-0.4, -0.2) is 32.4 Å². The quantitative estimate of drug-likeness (QED) is 0.500. The molecule has 0 aromatic heterocycles. The first-order chi connectivity index (χ1) is 14.9. The first-order valence-corrected chi connectivity index (χ1v) is 12.1. The van der Waals surface area contributed by atoms with Crippen molar-refractivity contribution in [3.05, 3.63) is 95.3 Å². The van der Waals surface area contributed by atoms with Crippen LogP contribution in [-0.2, 0) is 16.6 Å². The Morgan fingerprint density at radius 1 is 0.903 bits per heavy atom. The zero-order valence-electron chi connectivity index (χ0n) is 17.0. The SMILES string of the molecule is O=S(=O)(c1ccccc1)N(c1ccc(F)cc1)C1CCN(Cc2ccc(Cl)cc2)CC1. The van der Waals surface area contributed by atoms with E-state index in [0.717, 1.165) is 19.6 Å². The lowest BCUT2D eigenvalue weighted by atomic mass is 10.0.